The molecule has 7 nitrogen and oxygen atoms in total. The zero-order chi connectivity index (χ0) is 23.4. The standard InChI is InChI=1S/C23H24F2N6OS/c1-4-13(2)20-16(10-19(24)25)22(32-3)30-23(29-20)31-33-18-12-28-21-14(6-5-7-15(18)21)17-11-26-8-9-27-17/h5-9,11-13,19,28H,4,10H2,1-3H3,(H,29,30,31). The summed E-state index contributed by atoms with van der Waals surface area (Å²) in [6, 6.07) is 5.95. The monoisotopic (exact) mass is 470 g/mol. The van der Waals surface area contributed by atoms with Crippen LogP contribution in [0.1, 0.15) is 37.4 Å². The first kappa shape index (κ1) is 22.9. The molecule has 0 saturated heterocycles. The fourth-order valence-corrected chi connectivity index (χ4v) is 4.30. The first-order valence-electron chi connectivity index (χ1n) is 10.5. The summed E-state index contributed by atoms with van der Waals surface area (Å²) in [4.78, 5) is 21.7. The minimum Gasteiger partial charge on any atom is -0.481 e. The van der Waals surface area contributed by atoms with E-state index in [2.05, 4.69) is 29.6 Å². The lowest BCUT2D eigenvalue weighted by Crippen LogP contribution is -2.12. The molecular formula is C23H24F2N6OS. The first-order chi connectivity index (χ1) is 16.0. The van der Waals surface area contributed by atoms with E-state index in [4.69, 9.17) is 4.74 Å². The fourth-order valence-electron chi connectivity index (χ4n) is 3.61. The molecule has 0 bridgehead atoms. The molecule has 0 aliphatic heterocycles. The maximum atomic E-state index is 13.2. The maximum Gasteiger partial charge on any atom is 0.242 e. The van der Waals surface area contributed by atoms with Crippen molar-refractivity contribution in [3.63, 3.8) is 0 Å². The van der Waals surface area contributed by atoms with E-state index in [0.717, 1.165) is 33.5 Å². The molecule has 1 unspecified atom stereocenters. The van der Waals surface area contributed by atoms with Gasteiger partial charge in [0.05, 0.1) is 35.1 Å². The molecule has 2 N–H and O–H groups in total. The molecule has 0 amide bonds. The Morgan fingerprint density at radius 2 is 2.06 bits per heavy atom. The summed E-state index contributed by atoms with van der Waals surface area (Å²) in [5.41, 5.74) is 3.60. The summed E-state index contributed by atoms with van der Waals surface area (Å²) in [6.45, 7) is 3.95. The maximum absolute atomic E-state index is 13.2. The summed E-state index contributed by atoms with van der Waals surface area (Å²) in [7, 11) is 1.43. The Hall–Kier alpha value is -3.27. The first-order valence-corrected chi connectivity index (χ1v) is 11.4. The van der Waals surface area contributed by atoms with Gasteiger partial charge >= 0.3 is 0 Å². The molecule has 0 radical (unpaired) electrons. The number of benzene rings is 1. The predicted octanol–water partition coefficient (Wildman–Crippen LogP) is 5.86. The molecule has 0 saturated carbocycles. The zero-order valence-corrected chi connectivity index (χ0v) is 19.3. The van der Waals surface area contributed by atoms with Gasteiger partial charge in [0.1, 0.15) is 0 Å². The van der Waals surface area contributed by atoms with Crippen LogP contribution in [0.2, 0.25) is 0 Å². The van der Waals surface area contributed by atoms with Crippen LogP contribution >= 0.6 is 11.9 Å². The molecule has 1 atom stereocenters. The minimum absolute atomic E-state index is 0.0103. The van der Waals surface area contributed by atoms with Gasteiger partial charge < -0.3 is 9.72 Å². The van der Waals surface area contributed by atoms with Crippen LogP contribution in [0.25, 0.3) is 22.2 Å². The van der Waals surface area contributed by atoms with Gasteiger partial charge in [-0.3, -0.25) is 14.7 Å². The number of alkyl halides is 2. The van der Waals surface area contributed by atoms with Gasteiger partial charge in [-0.2, -0.15) is 4.98 Å². The number of hydrogen-bond acceptors (Lipinski definition) is 7. The van der Waals surface area contributed by atoms with Crippen LogP contribution in [-0.4, -0.2) is 38.5 Å². The van der Waals surface area contributed by atoms with Crippen LogP contribution < -0.4 is 9.46 Å². The number of nitrogens with zero attached hydrogens (tertiary/aromatic N) is 4. The quantitative estimate of drug-likeness (QED) is 0.296. The van der Waals surface area contributed by atoms with Crippen molar-refractivity contribution >= 4 is 28.8 Å². The number of H-pyrrole nitrogens is 1. The molecule has 172 valence electrons. The molecule has 1 aromatic carbocycles. The van der Waals surface area contributed by atoms with Gasteiger partial charge in [-0.25, -0.2) is 13.8 Å². The fraction of sp³-hybridized carbons (Fsp3) is 0.304. The molecule has 0 aliphatic carbocycles. The lowest BCUT2D eigenvalue weighted by atomic mass is 9.98. The van der Waals surface area contributed by atoms with Gasteiger partial charge in [0, 0.05) is 41.5 Å². The van der Waals surface area contributed by atoms with Crippen LogP contribution in [0, 0.1) is 0 Å². The third-order valence-corrected chi connectivity index (χ3v) is 6.24. The van der Waals surface area contributed by atoms with Gasteiger partial charge in [0.2, 0.25) is 18.3 Å². The number of para-hydroxylation sites is 1. The summed E-state index contributed by atoms with van der Waals surface area (Å²) >= 11 is 1.33. The Labute approximate surface area is 194 Å². The van der Waals surface area contributed by atoms with Gasteiger partial charge in [-0.1, -0.05) is 32.0 Å². The highest BCUT2D eigenvalue weighted by Crippen LogP contribution is 2.35. The van der Waals surface area contributed by atoms with E-state index < -0.39 is 12.8 Å². The molecule has 0 spiro atoms. The molecular weight excluding hydrogens is 446 g/mol. The molecule has 33 heavy (non-hydrogen) atoms. The highest BCUT2D eigenvalue weighted by molar-refractivity contribution is 8.00. The van der Waals surface area contributed by atoms with Crippen molar-refractivity contribution < 1.29 is 13.5 Å². The van der Waals surface area contributed by atoms with E-state index in [0.29, 0.717) is 17.2 Å². The number of ether oxygens (including phenoxy) is 1. The molecule has 3 heterocycles. The molecule has 10 heteroatoms. The van der Waals surface area contributed by atoms with Crippen LogP contribution in [0.4, 0.5) is 14.7 Å². The Bertz CT molecular complexity index is 1230. The van der Waals surface area contributed by atoms with Gasteiger partial charge in [-0.05, 0) is 24.3 Å². The van der Waals surface area contributed by atoms with E-state index >= 15 is 0 Å². The third-order valence-electron chi connectivity index (χ3n) is 5.40. The van der Waals surface area contributed by atoms with Crippen molar-refractivity contribution in [3.8, 4) is 17.1 Å². The Balaban J connectivity index is 1.64. The third kappa shape index (κ3) is 4.90. The number of rotatable bonds is 9. The lowest BCUT2D eigenvalue weighted by Gasteiger charge is -2.18. The molecule has 4 aromatic rings. The predicted molar refractivity (Wildman–Crippen MR) is 126 cm³/mol. The average Bonchev–Trinajstić information content (AvgIpc) is 3.26. The number of aromatic amines is 1. The largest absolute Gasteiger partial charge is 0.481 e. The highest BCUT2D eigenvalue weighted by Gasteiger charge is 2.22. The normalized spacial score (nSPS) is 12.3. The highest BCUT2D eigenvalue weighted by atomic mass is 32.2. The van der Waals surface area contributed by atoms with Crippen molar-refractivity contribution in [1.29, 1.82) is 0 Å². The van der Waals surface area contributed by atoms with Crippen LogP contribution in [0.3, 0.4) is 0 Å². The topological polar surface area (TPSA) is 88.6 Å². The summed E-state index contributed by atoms with van der Waals surface area (Å²) in [5, 5.41) is 0.999. The Morgan fingerprint density at radius 3 is 2.76 bits per heavy atom. The van der Waals surface area contributed by atoms with Crippen LogP contribution in [0.15, 0.2) is 47.9 Å². The van der Waals surface area contributed by atoms with Crippen LogP contribution in [0.5, 0.6) is 5.88 Å². The number of nitrogens with one attached hydrogen (secondary N) is 2. The molecule has 4 rings (SSSR count). The second-order valence-corrected chi connectivity index (χ2v) is 8.35. The van der Waals surface area contributed by atoms with Gasteiger partial charge in [-0.15, -0.1) is 0 Å². The average molecular weight is 471 g/mol. The van der Waals surface area contributed by atoms with Crippen molar-refractivity contribution in [2.24, 2.45) is 0 Å². The Morgan fingerprint density at radius 1 is 1.21 bits per heavy atom. The van der Waals surface area contributed by atoms with E-state index in [1.807, 2.05) is 38.2 Å². The number of methoxy groups -OCH3 is 1. The van der Waals surface area contributed by atoms with Gasteiger partial charge in [0.25, 0.3) is 0 Å². The Kier molecular flexibility index (Phi) is 7.02. The number of halogens is 2. The molecule has 3 aromatic heterocycles. The second kappa shape index (κ2) is 10.1. The number of aromatic nitrogens is 5. The molecule has 0 aliphatic rings. The van der Waals surface area contributed by atoms with Crippen molar-refractivity contribution in [2.75, 3.05) is 11.8 Å². The smallest absolute Gasteiger partial charge is 0.242 e. The number of anilines is 1. The van der Waals surface area contributed by atoms with Crippen molar-refractivity contribution in [3.05, 3.63) is 54.2 Å². The summed E-state index contributed by atoms with van der Waals surface area (Å²) < 4.78 is 34.9. The zero-order valence-electron chi connectivity index (χ0n) is 18.5. The van der Waals surface area contributed by atoms with Crippen molar-refractivity contribution in [2.45, 2.75) is 43.9 Å². The van der Waals surface area contributed by atoms with E-state index in [1.165, 1.54) is 19.1 Å². The van der Waals surface area contributed by atoms with E-state index in [-0.39, 0.29) is 11.8 Å². The lowest BCUT2D eigenvalue weighted by molar-refractivity contribution is 0.147. The summed E-state index contributed by atoms with van der Waals surface area (Å²) in [5.74, 6) is 0.473. The summed E-state index contributed by atoms with van der Waals surface area (Å²) in [6.07, 6.45) is 4.72. The van der Waals surface area contributed by atoms with E-state index in [9.17, 15) is 8.78 Å². The number of fused-ring (bicyclic) bond motifs is 1. The van der Waals surface area contributed by atoms with Gasteiger partial charge in [0.15, 0.2) is 0 Å². The van der Waals surface area contributed by atoms with Crippen LogP contribution in [-0.2, 0) is 6.42 Å². The SMILES string of the molecule is CCC(C)c1nc(NSc2c[nH]c3c(-c4cnccn4)cccc23)nc(OC)c1CC(F)F. The number of hydrogen-bond donors (Lipinski definition) is 2. The molecule has 0 fully saturated rings. The minimum atomic E-state index is -2.51. The van der Waals surface area contributed by atoms with E-state index in [1.54, 1.807) is 18.6 Å². The van der Waals surface area contributed by atoms with Crippen molar-refractivity contribution in [1.82, 2.24) is 24.9 Å². The second-order valence-electron chi connectivity index (χ2n) is 7.50.